The first-order chi connectivity index (χ1) is 8.75. The largest absolute Gasteiger partial charge is 1.00 e. The Hall–Kier alpha value is -0.820. The summed E-state index contributed by atoms with van der Waals surface area (Å²) in [6.45, 7) is 2.15. The van der Waals surface area contributed by atoms with Gasteiger partial charge in [-0.3, -0.25) is 4.48 Å². The van der Waals surface area contributed by atoms with Crippen molar-refractivity contribution in [2.75, 3.05) is 35.2 Å². The predicted molar refractivity (Wildman–Crippen MR) is 79.7 cm³/mol. The maximum absolute atomic E-state index is 11.6. The monoisotopic (exact) mass is 392 g/mol. The lowest BCUT2D eigenvalue weighted by Crippen LogP contribution is -3.00. The van der Waals surface area contributed by atoms with E-state index in [1.807, 2.05) is 18.2 Å². The minimum absolute atomic E-state index is 0. The topological polar surface area (TPSA) is 29.5 Å². The number of rotatable bonds is 4. The van der Waals surface area contributed by atoms with Gasteiger partial charge in [-0.2, -0.15) is 0 Å². The molecule has 0 aromatic heterocycles. The van der Waals surface area contributed by atoms with Gasteiger partial charge in [0.2, 0.25) is 0 Å². The van der Waals surface area contributed by atoms with Gasteiger partial charge < -0.3 is 33.6 Å². The van der Waals surface area contributed by atoms with Gasteiger partial charge in [-0.1, -0.05) is 13.3 Å². The van der Waals surface area contributed by atoms with Crippen LogP contribution in [-0.2, 0) is 6.42 Å². The molecule has 0 N–H and O–H groups in total. The van der Waals surface area contributed by atoms with Crippen molar-refractivity contribution >= 4 is 11.8 Å². The fourth-order valence-corrected chi connectivity index (χ4v) is 1.94. The highest BCUT2D eigenvalue weighted by Crippen LogP contribution is 2.28. The first-order valence-electron chi connectivity index (χ1n) is 6.59. The van der Waals surface area contributed by atoms with Crippen LogP contribution in [0.15, 0.2) is 18.2 Å². The number of amides is 1. The van der Waals surface area contributed by atoms with E-state index in [-0.39, 0.29) is 30.1 Å². The predicted octanol–water partition coefficient (Wildman–Crippen LogP) is -0.0998. The molecule has 0 heterocycles. The molecule has 1 amide bonds. The highest BCUT2D eigenvalue weighted by atomic mass is 127. The molecule has 0 unspecified atom stereocenters. The van der Waals surface area contributed by atoms with E-state index in [0.29, 0.717) is 5.75 Å². The standard InChI is InChI=1S/C15H25N2O2.HI/c1-7-8-12-11-13(19-15(18)16(2)3)9-10-14(12)17(4,5)6;/h9-11H,7-8H2,1-6H3;1H/q+1;/p-1. The number of aryl methyl sites for hydroxylation is 1. The van der Waals surface area contributed by atoms with Gasteiger partial charge in [0.15, 0.2) is 0 Å². The van der Waals surface area contributed by atoms with Gasteiger partial charge in [-0.15, -0.1) is 0 Å². The van der Waals surface area contributed by atoms with Crippen molar-refractivity contribution in [2.24, 2.45) is 0 Å². The number of nitrogens with zero attached hydrogens (tertiary/aromatic N) is 2. The van der Waals surface area contributed by atoms with Crippen LogP contribution in [0.5, 0.6) is 5.75 Å². The molecular weight excluding hydrogens is 367 g/mol. The summed E-state index contributed by atoms with van der Waals surface area (Å²) in [4.78, 5) is 13.0. The van der Waals surface area contributed by atoms with Gasteiger partial charge >= 0.3 is 6.09 Å². The van der Waals surface area contributed by atoms with E-state index in [4.69, 9.17) is 4.74 Å². The lowest BCUT2D eigenvalue weighted by atomic mass is 10.1. The molecule has 0 aliphatic rings. The maximum atomic E-state index is 11.6. The van der Waals surface area contributed by atoms with Crippen LogP contribution in [0, 0.1) is 0 Å². The lowest BCUT2D eigenvalue weighted by Gasteiger charge is -2.26. The fourth-order valence-electron chi connectivity index (χ4n) is 1.94. The molecule has 1 rings (SSSR count). The van der Waals surface area contributed by atoms with Crippen molar-refractivity contribution in [2.45, 2.75) is 19.8 Å². The van der Waals surface area contributed by atoms with Crippen molar-refractivity contribution in [3.05, 3.63) is 23.8 Å². The molecule has 0 saturated carbocycles. The molecule has 0 saturated heterocycles. The molecule has 5 heteroatoms. The van der Waals surface area contributed by atoms with Crippen LogP contribution in [0.1, 0.15) is 18.9 Å². The number of ether oxygens (including phenoxy) is 1. The van der Waals surface area contributed by atoms with Gasteiger partial charge in [0.1, 0.15) is 11.4 Å². The average molecular weight is 392 g/mol. The zero-order valence-corrected chi connectivity index (χ0v) is 15.4. The summed E-state index contributed by atoms with van der Waals surface area (Å²) in [5, 5.41) is 0. The number of hydrogen-bond donors (Lipinski definition) is 0. The molecule has 0 aliphatic carbocycles. The van der Waals surface area contributed by atoms with Crippen LogP contribution >= 0.6 is 0 Å². The second kappa shape index (κ2) is 7.83. The van der Waals surface area contributed by atoms with E-state index in [1.54, 1.807) is 14.1 Å². The minimum atomic E-state index is -0.347. The highest BCUT2D eigenvalue weighted by Gasteiger charge is 2.18. The number of hydrogen-bond acceptors (Lipinski definition) is 2. The summed E-state index contributed by atoms with van der Waals surface area (Å²) in [5.41, 5.74) is 2.49. The quantitative estimate of drug-likeness (QED) is 0.529. The normalized spacial score (nSPS) is 10.7. The summed E-state index contributed by atoms with van der Waals surface area (Å²) < 4.78 is 6.07. The Morgan fingerprint density at radius 2 is 1.85 bits per heavy atom. The molecule has 4 nitrogen and oxygen atoms in total. The van der Waals surface area contributed by atoms with E-state index in [9.17, 15) is 4.79 Å². The first kappa shape index (κ1) is 19.2. The Morgan fingerprint density at radius 1 is 1.25 bits per heavy atom. The maximum Gasteiger partial charge on any atom is 0.414 e. The number of benzene rings is 1. The third-order valence-electron chi connectivity index (χ3n) is 2.86. The van der Waals surface area contributed by atoms with E-state index in [1.165, 1.54) is 16.2 Å². The molecule has 20 heavy (non-hydrogen) atoms. The Kier molecular flexibility index (Phi) is 7.51. The molecule has 1 aromatic carbocycles. The zero-order valence-electron chi connectivity index (χ0n) is 13.2. The Bertz CT molecular complexity index is 454. The SMILES string of the molecule is CCCc1cc(OC(=O)N(C)C)ccc1[N+](C)(C)C.[I-]. The van der Waals surface area contributed by atoms with Gasteiger partial charge in [-0.25, -0.2) is 4.79 Å². The second-order valence-electron chi connectivity index (χ2n) is 5.82. The summed E-state index contributed by atoms with van der Waals surface area (Å²) in [5.74, 6) is 0.611. The molecule has 0 bridgehead atoms. The van der Waals surface area contributed by atoms with Crippen LogP contribution in [0.25, 0.3) is 0 Å². The van der Waals surface area contributed by atoms with Crippen LogP contribution in [-0.4, -0.2) is 46.2 Å². The van der Waals surface area contributed by atoms with Gasteiger partial charge in [-0.05, 0) is 18.6 Å². The fraction of sp³-hybridized carbons (Fsp3) is 0.533. The van der Waals surface area contributed by atoms with Gasteiger partial charge in [0, 0.05) is 25.7 Å². The number of carbonyl (C=O) groups excluding carboxylic acids is 1. The van der Waals surface area contributed by atoms with E-state index in [2.05, 4.69) is 28.1 Å². The number of carbonyl (C=O) groups is 1. The molecular formula is C15H25IN2O2. The second-order valence-corrected chi connectivity index (χ2v) is 5.82. The smallest absolute Gasteiger partial charge is 0.414 e. The van der Waals surface area contributed by atoms with Crippen LogP contribution < -0.4 is 33.2 Å². The Balaban J connectivity index is 0.00000361. The molecule has 0 radical (unpaired) electrons. The first-order valence-corrected chi connectivity index (χ1v) is 6.59. The van der Waals surface area contributed by atoms with Crippen molar-refractivity contribution in [1.29, 1.82) is 0 Å². The zero-order chi connectivity index (χ0) is 14.6. The van der Waals surface area contributed by atoms with Gasteiger partial charge in [0.25, 0.3) is 0 Å². The van der Waals surface area contributed by atoms with Gasteiger partial charge in [0.05, 0.1) is 21.1 Å². The van der Waals surface area contributed by atoms with Crippen LogP contribution in [0.4, 0.5) is 10.5 Å². The van der Waals surface area contributed by atoms with Crippen LogP contribution in [0.2, 0.25) is 0 Å². The molecule has 0 spiro atoms. The lowest BCUT2D eigenvalue weighted by molar-refractivity contribution is -0.00000951. The molecule has 114 valence electrons. The summed E-state index contributed by atoms with van der Waals surface area (Å²) in [7, 11) is 9.77. The summed E-state index contributed by atoms with van der Waals surface area (Å²) in [6.07, 6.45) is 1.71. The van der Waals surface area contributed by atoms with Crippen molar-refractivity contribution in [3.63, 3.8) is 0 Å². The van der Waals surface area contributed by atoms with Crippen molar-refractivity contribution in [3.8, 4) is 5.75 Å². The Labute approximate surface area is 139 Å². The van der Waals surface area contributed by atoms with E-state index >= 15 is 0 Å². The third-order valence-corrected chi connectivity index (χ3v) is 2.86. The summed E-state index contributed by atoms with van der Waals surface area (Å²) >= 11 is 0. The van der Waals surface area contributed by atoms with E-state index < -0.39 is 0 Å². The minimum Gasteiger partial charge on any atom is -1.00 e. The highest BCUT2D eigenvalue weighted by molar-refractivity contribution is 5.70. The average Bonchev–Trinajstić information content (AvgIpc) is 2.27. The third kappa shape index (κ3) is 5.28. The number of quaternary nitrogens is 1. The van der Waals surface area contributed by atoms with Crippen molar-refractivity contribution in [1.82, 2.24) is 9.38 Å². The summed E-state index contributed by atoms with van der Waals surface area (Å²) in [6, 6.07) is 5.88. The molecule has 0 atom stereocenters. The molecule has 1 aromatic rings. The van der Waals surface area contributed by atoms with E-state index in [0.717, 1.165) is 17.3 Å². The molecule has 0 fully saturated rings. The Morgan fingerprint density at radius 3 is 2.30 bits per heavy atom. The van der Waals surface area contributed by atoms with Crippen LogP contribution in [0.3, 0.4) is 0 Å². The number of halogens is 1. The van der Waals surface area contributed by atoms with Crippen molar-refractivity contribution < 1.29 is 33.5 Å². The molecule has 0 aliphatic heterocycles.